The van der Waals surface area contributed by atoms with E-state index in [0.717, 1.165) is 6.42 Å². The van der Waals surface area contributed by atoms with Gasteiger partial charge in [0.15, 0.2) is 0 Å². The largest absolute Gasteiger partial charge is 0.444 e. The van der Waals surface area contributed by atoms with E-state index in [4.69, 9.17) is 9.47 Å². The van der Waals surface area contributed by atoms with Gasteiger partial charge < -0.3 is 14.4 Å². The lowest BCUT2D eigenvalue weighted by molar-refractivity contribution is -0.0660. The number of nitrogens with zero attached hydrogens (tertiary/aromatic N) is 1. The molecule has 1 heterocycles. The molecule has 2 unspecified atom stereocenters. The van der Waals surface area contributed by atoms with Crippen LogP contribution in [-0.4, -0.2) is 41.9 Å². The minimum absolute atomic E-state index is 0.0950. The molecule has 0 spiro atoms. The maximum absolute atomic E-state index is 11.9. The van der Waals surface area contributed by atoms with Gasteiger partial charge in [-0.25, -0.2) is 4.79 Å². The van der Waals surface area contributed by atoms with Crippen LogP contribution >= 0.6 is 0 Å². The normalized spacial score (nSPS) is 26.7. The summed E-state index contributed by atoms with van der Waals surface area (Å²) in [5.74, 6) is 0. The Bertz CT molecular complexity index is 247. The summed E-state index contributed by atoms with van der Waals surface area (Å²) < 4.78 is 11.0. The Morgan fingerprint density at radius 1 is 1.50 bits per heavy atom. The van der Waals surface area contributed by atoms with Crippen molar-refractivity contribution in [3.63, 3.8) is 0 Å². The third-order valence-corrected chi connectivity index (χ3v) is 2.59. The minimum atomic E-state index is -0.434. The molecule has 1 rings (SSSR count). The summed E-state index contributed by atoms with van der Waals surface area (Å²) in [5.41, 5.74) is -0.434. The highest BCUT2D eigenvalue weighted by molar-refractivity contribution is 5.68. The molecule has 0 saturated carbocycles. The maximum atomic E-state index is 11.9. The summed E-state index contributed by atoms with van der Waals surface area (Å²) in [6, 6.07) is 0.0950. The monoisotopic (exact) mass is 229 g/mol. The van der Waals surface area contributed by atoms with Crippen LogP contribution < -0.4 is 0 Å². The maximum Gasteiger partial charge on any atom is 0.410 e. The van der Waals surface area contributed by atoms with E-state index < -0.39 is 5.60 Å². The summed E-state index contributed by atoms with van der Waals surface area (Å²) in [5, 5.41) is 0. The Kier molecular flexibility index (Phi) is 4.19. The molecule has 4 heteroatoms. The number of carbonyl (C=O) groups excluding carboxylic acids is 1. The standard InChI is InChI=1S/C12H23NO3/c1-6-10-7-13(9(2)8-15-10)11(14)16-12(3,4)5/h9-10H,6-8H2,1-5H3. The molecule has 0 aromatic rings. The van der Waals surface area contributed by atoms with Gasteiger partial charge in [-0.15, -0.1) is 0 Å². The molecule has 0 radical (unpaired) electrons. The Balaban J connectivity index is 2.59. The molecule has 4 nitrogen and oxygen atoms in total. The van der Waals surface area contributed by atoms with Crippen LogP contribution in [0.3, 0.4) is 0 Å². The third-order valence-electron chi connectivity index (χ3n) is 2.59. The second-order valence-electron chi connectivity index (χ2n) is 5.35. The number of rotatable bonds is 1. The van der Waals surface area contributed by atoms with Gasteiger partial charge in [-0.1, -0.05) is 6.92 Å². The average molecular weight is 229 g/mol. The quantitative estimate of drug-likeness (QED) is 0.693. The van der Waals surface area contributed by atoms with Crippen LogP contribution in [0.4, 0.5) is 4.79 Å². The van der Waals surface area contributed by atoms with Crippen molar-refractivity contribution >= 4 is 6.09 Å². The zero-order valence-corrected chi connectivity index (χ0v) is 10.9. The summed E-state index contributed by atoms with van der Waals surface area (Å²) in [7, 11) is 0. The molecule has 1 saturated heterocycles. The number of carbonyl (C=O) groups is 1. The van der Waals surface area contributed by atoms with Crippen molar-refractivity contribution in [3.05, 3.63) is 0 Å². The highest BCUT2D eigenvalue weighted by Crippen LogP contribution is 2.17. The van der Waals surface area contributed by atoms with Crippen molar-refractivity contribution in [3.8, 4) is 0 Å². The SMILES string of the molecule is CCC1CN(C(=O)OC(C)(C)C)C(C)CO1. The molecule has 1 aliphatic heterocycles. The van der Waals surface area contributed by atoms with E-state index in [9.17, 15) is 4.79 Å². The average Bonchev–Trinajstić information content (AvgIpc) is 2.15. The molecule has 0 N–H and O–H groups in total. The Hall–Kier alpha value is -0.770. The van der Waals surface area contributed by atoms with Gasteiger partial charge in [-0.3, -0.25) is 0 Å². The van der Waals surface area contributed by atoms with E-state index >= 15 is 0 Å². The van der Waals surface area contributed by atoms with Crippen molar-refractivity contribution in [1.82, 2.24) is 4.90 Å². The summed E-state index contributed by atoms with van der Waals surface area (Å²) >= 11 is 0. The Labute approximate surface area is 97.9 Å². The highest BCUT2D eigenvalue weighted by atomic mass is 16.6. The zero-order valence-electron chi connectivity index (χ0n) is 10.9. The van der Waals surface area contributed by atoms with Crippen LogP contribution in [0.5, 0.6) is 0 Å². The lowest BCUT2D eigenvalue weighted by Gasteiger charge is -2.38. The van der Waals surface area contributed by atoms with Crippen LogP contribution in [0, 0.1) is 0 Å². The van der Waals surface area contributed by atoms with E-state index in [2.05, 4.69) is 6.92 Å². The van der Waals surface area contributed by atoms with Crippen molar-refractivity contribution < 1.29 is 14.3 Å². The predicted octanol–water partition coefficient (Wildman–Crippen LogP) is 2.42. The van der Waals surface area contributed by atoms with Gasteiger partial charge in [0.05, 0.1) is 25.3 Å². The van der Waals surface area contributed by atoms with Crippen molar-refractivity contribution in [2.24, 2.45) is 0 Å². The lowest BCUT2D eigenvalue weighted by atomic mass is 10.1. The molecular formula is C12H23NO3. The van der Waals surface area contributed by atoms with Crippen LogP contribution in [0.2, 0.25) is 0 Å². The van der Waals surface area contributed by atoms with E-state index in [0.29, 0.717) is 13.2 Å². The molecule has 1 aliphatic rings. The molecule has 0 aromatic carbocycles. The first-order valence-corrected chi connectivity index (χ1v) is 5.94. The number of hydrogen-bond donors (Lipinski definition) is 0. The topological polar surface area (TPSA) is 38.8 Å². The van der Waals surface area contributed by atoms with Crippen LogP contribution in [0.25, 0.3) is 0 Å². The molecular weight excluding hydrogens is 206 g/mol. The van der Waals surface area contributed by atoms with Crippen LogP contribution in [-0.2, 0) is 9.47 Å². The number of morpholine rings is 1. The van der Waals surface area contributed by atoms with Gasteiger partial charge in [0, 0.05) is 0 Å². The lowest BCUT2D eigenvalue weighted by Crippen LogP contribution is -2.52. The van der Waals surface area contributed by atoms with E-state index in [1.807, 2.05) is 27.7 Å². The summed E-state index contributed by atoms with van der Waals surface area (Å²) in [4.78, 5) is 13.7. The Morgan fingerprint density at radius 3 is 2.62 bits per heavy atom. The van der Waals surface area contributed by atoms with E-state index in [1.165, 1.54) is 0 Å². The molecule has 0 aliphatic carbocycles. The van der Waals surface area contributed by atoms with Crippen LogP contribution in [0.1, 0.15) is 41.0 Å². The fraction of sp³-hybridized carbons (Fsp3) is 0.917. The smallest absolute Gasteiger partial charge is 0.410 e. The third kappa shape index (κ3) is 3.67. The van der Waals surface area contributed by atoms with Gasteiger partial charge in [-0.2, -0.15) is 0 Å². The molecule has 1 amide bonds. The van der Waals surface area contributed by atoms with Gasteiger partial charge in [-0.05, 0) is 34.1 Å². The molecule has 0 aromatic heterocycles. The van der Waals surface area contributed by atoms with Gasteiger partial charge in [0.25, 0.3) is 0 Å². The zero-order chi connectivity index (χ0) is 12.3. The molecule has 2 atom stereocenters. The van der Waals surface area contributed by atoms with Gasteiger partial charge in [0.2, 0.25) is 0 Å². The highest BCUT2D eigenvalue weighted by Gasteiger charge is 2.31. The number of hydrogen-bond acceptors (Lipinski definition) is 3. The fourth-order valence-electron chi connectivity index (χ4n) is 1.64. The van der Waals surface area contributed by atoms with Crippen molar-refractivity contribution in [2.75, 3.05) is 13.2 Å². The first-order chi connectivity index (χ1) is 7.33. The van der Waals surface area contributed by atoms with Gasteiger partial charge in [0.1, 0.15) is 5.60 Å². The molecule has 1 fully saturated rings. The van der Waals surface area contributed by atoms with Crippen molar-refractivity contribution in [1.29, 1.82) is 0 Å². The second kappa shape index (κ2) is 5.04. The van der Waals surface area contributed by atoms with Crippen molar-refractivity contribution in [2.45, 2.75) is 58.8 Å². The molecule has 0 bridgehead atoms. The first-order valence-electron chi connectivity index (χ1n) is 5.94. The van der Waals surface area contributed by atoms with Gasteiger partial charge >= 0.3 is 6.09 Å². The second-order valence-corrected chi connectivity index (χ2v) is 5.35. The molecule has 16 heavy (non-hydrogen) atoms. The predicted molar refractivity (Wildman–Crippen MR) is 62.4 cm³/mol. The fourth-order valence-corrected chi connectivity index (χ4v) is 1.64. The first kappa shape index (κ1) is 13.3. The number of amides is 1. The minimum Gasteiger partial charge on any atom is -0.444 e. The molecule has 94 valence electrons. The summed E-state index contributed by atoms with van der Waals surface area (Å²) in [6.07, 6.45) is 0.830. The van der Waals surface area contributed by atoms with E-state index in [1.54, 1.807) is 4.90 Å². The van der Waals surface area contributed by atoms with E-state index in [-0.39, 0.29) is 18.2 Å². The summed E-state index contributed by atoms with van der Waals surface area (Å²) in [6.45, 7) is 10.9. The Morgan fingerprint density at radius 2 is 2.12 bits per heavy atom. The van der Waals surface area contributed by atoms with Crippen LogP contribution in [0.15, 0.2) is 0 Å². The number of ether oxygens (including phenoxy) is 2.